The van der Waals surface area contributed by atoms with Gasteiger partial charge < -0.3 is 14.9 Å². The van der Waals surface area contributed by atoms with E-state index in [2.05, 4.69) is 16.5 Å². The molecule has 6 nitrogen and oxygen atoms in total. The van der Waals surface area contributed by atoms with Crippen LogP contribution in [0.2, 0.25) is 5.02 Å². The van der Waals surface area contributed by atoms with Gasteiger partial charge in [0.1, 0.15) is 29.2 Å². The van der Waals surface area contributed by atoms with Gasteiger partial charge in [-0.15, -0.1) is 0 Å². The molecule has 4 rings (SSSR count). The van der Waals surface area contributed by atoms with Gasteiger partial charge in [0.05, 0.1) is 16.1 Å². The average Bonchev–Trinajstić information content (AvgIpc) is 2.74. The second kappa shape index (κ2) is 8.02. The fourth-order valence-corrected chi connectivity index (χ4v) is 4.47. The maximum absolute atomic E-state index is 15.6. The van der Waals surface area contributed by atoms with Gasteiger partial charge in [0.15, 0.2) is 5.82 Å². The number of carbonyl (C=O) groups excluding carboxylic acids is 1. The molecular weight excluding hydrogens is 438 g/mol. The van der Waals surface area contributed by atoms with Crippen LogP contribution in [-0.4, -0.2) is 51.1 Å². The average molecular weight is 459 g/mol. The second-order valence-corrected chi connectivity index (χ2v) is 8.61. The Morgan fingerprint density at radius 1 is 1.25 bits per heavy atom. The SMILES string of the molecule is C=CC(=O)N1CCN(c2ncnc3c(F)c(-c4c(O)cccc4F)c(Cl)cc23)C(C)(C)C1. The number of hydrogen-bond donors (Lipinski definition) is 1. The summed E-state index contributed by atoms with van der Waals surface area (Å²) >= 11 is 6.40. The lowest BCUT2D eigenvalue weighted by molar-refractivity contribution is -0.127. The van der Waals surface area contributed by atoms with Crippen molar-refractivity contribution in [2.24, 2.45) is 0 Å². The molecule has 0 spiro atoms. The van der Waals surface area contributed by atoms with Crippen molar-refractivity contribution in [3.8, 4) is 16.9 Å². The van der Waals surface area contributed by atoms with Gasteiger partial charge in [0, 0.05) is 30.6 Å². The summed E-state index contributed by atoms with van der Waals surface area (Å²) in [6, 6.07) is 5.18. The van der Waals surface area contributed by atoms with E-state index >= 15 is 4.39 Å². The van der Waals surface area contributed by atoms with Gasteiger partial charge in [-0.3, -0.25) is 4.79 Å². The third-order valence-electron chi connectivity index (χ3n) is 5.69. The predicted octanol–water partition coefficient (Wildman–Crippen LogP) is 4.55. The first-order valence-corrected chi connectivity index (χ1v) is 10.3. The smallest absolute Gasteiger partial charge is 0.246 e. The highest BCUT2D eigenvalue weighted by atomic mass is 35.5. The lowest BCUT2D eigenvalue weighted by Crippen LogP contribution is -2.60. The van der Waals surface area contributed by atoms with Gasteiger partial charge in [-0.2, -0.15) is 0 Å². The Kier molecular flexibility index (Phi) is 5.50. The molecular formula is C23H21ClF2N4O2. The van der Waals surface area contributed by atoms with Gasteiger partial charge in [0.2, 0.25) is 5.91 Å². The molecule has 9 heteroatoms. The van der Waals surface area contributed by atoms with E-state index in [9.17, 15) is 14.3 Å². The fraction of sp³-hybridized carbons (Fsp3) is 0.261. The van der Waals surface area contributed by atoms with Crippen LogP contribution in [0.5, 0.6) is 5.75 Å². The molecule has 1 N–H and O–H groups in total. The number of piperazine rings is 1. The van der Waals surface area contributed by atoms with E-state index in [1.54, 1.807) is 4.90 Å². The van der Waals surface area contributed by atoms with Crippen LogP contribution >= 0.6 is 11.6 Å². The highest BCUT2D eigenvalue weighted by Gasteiger charge is 2.37. The van der Waals surface area contributed by atoms with Crippen LogP contribution in [0.4, 0.5) is 14.6 Å². The number of phenolic OH excluding ortho intramolecular Hbond substituents is 1. The highest BCUT2D eigenvalue weighted by Crippen LogP contribution is 2.42. The van der Waals surface area contributed by atoms with Crippen molar-refractivity contribution in [1.29, 1.82) is 0 Å². The number of anilines is 1. The molecule has 0 bridgehead atoms. The number of aromatic hydroxyl groups is 1. The molecule has 1 aromatic heterocycles. The van der Waals surface area contributed by atoms with Gasteiger partial charge in [-0.1, -0.05) is 24.2 Å². The standard InChI is InChI=1S/C23H21ClF2N4O2/c1-4-17(32)29-8-9-30(23(2,3)11-29)22-13-10-14(24)18(20(26)21(13)27-12-28-22)19-15(25)6-5-7-16(19)31/h4-7,10,12,31H,1,8-9,11H2,2-3H3. The summed E-state index contributed by atoms with van der Waals surface area (Å²) in [6.07, 6.45) is 2.51. The normalized spacial score (nSPS) is 15.8. The maximum atomic E-state index is 15.6. The summed E-state index contributed by atoms with van der Waals surface area (Å²) in [5, 5.41) is 10.4. The minimum atomic E-state index is -0.852. The Bertz CT molecular complexity index is 1230. The van der Waals surface area contributed by atoms with Crippen LogP contribution in [-0.2, 0) is 4.79 Å². The largest absolute Gasteiger partial charge is 0.507 e. The van der Waals surface area contributed by atoms with Crippen LogP contribution < -0.4 is 4.90 Å². The van der Waals surface area contributed by atoms with Crippen molar-refractivity contribution < 1.29 is 18.7 Å². The summed E-state index contributed by atoms with van der Waals surface area (Å²) in [4.78, 5) is 24.2. The van der Waals surface area contributed by atoms with E-state index in [0.717, 1.165) is 6.07 Å². The van der Waals surface area contributed by atoms with Gasteiger partial charge in [-0.25, -0.2) is 18.7 Å². The van der Waals surface area contributed by atoms with E-state index in [0.29, 0.717) is 30.8 Å². The topological polar surface area (TPSA) is 69.6 Å². The Morgan fingerprint density at radius 3 is 2.66 bits per heavy atom. The van der Waals surface area contributed by atoms with Crippen molar-refractivity contribution in [3.05, 3.63) is 59.9 Å². The monoisotopic (exact) mass is 458 g/mol. The van der Waals surface area contributed by atoms with E-state index in [4.69, 9.17) is 11.6 Å². The third kappa shape index (κ3) is 3.54. The molecule has 1 saturated heterocycles. The molecule has 1 aliphatic rings. The Hall–Kier alpha value is -3.26. The zero-order valence-corrected chi connectivity index (χ0v) is 18.3. The van der Waals surface area contributed by atoms with Crippen LogP contribution in [0.3, 0.4) is 0 Å². The Balaban J connectivity index is 1.86. The third-order valence-corrected chi connectivity index (χ3v) is 5.98. The number of hydrogen-bond acceptors (Lipinski definition) is 5. The minimum absolute atomic E-state index is 0.0440. The van der Waals surface area contributed by atoms with Gasteiger partial charge in [0.25, 0.3) is 0 Å². The van der Waals surface area contributed by atoms with E-state index < -0.39 is 22.9 Å². The van der Waals surface area contributed by atoms with Crippen molar-refractivity contribution >= 4 is 34.2 Å². The summed E-state index contributed by atoms with van der Waals surface area (Å²) in [6.45, 7) is 8.75. The summed E-state index contributed by atoms with van der Waals surface area (Å²) in [5.74, 6) is -1.79. The second-order valence-electron chi connectivity index (χ2n) is 8.20. The summed E-state index contributed by atoms with van der Waals surface area (Å²) < 4.78 is 30.0. The summed E-state index contributed by atoms with van der Waals surface area (Å²) in [7, 11) is 0. The van der Waals surface area contributed by atoms with E-state index in [1.807, 2.05) is 18.7 Å². The number of amides is 1. The van der Waals surface area contributed by atoms with Gasteiger partial charge >= 0.3 is 0 Å². The summed E-state index contributed by atoms with van der Waals surface area (Å²) in [5.41, 5.74) is -1.16. The molecule has 1 aliphatic heterocycles. The molecule has 1 fully saturated rings. The lowest BCUT2D eigenvalue weighted by Gasteiger charge is -2.47. The first-order valence-electron chi connectivity index (χ1n) is 9.95. The molecule has 0 atom stereocenters. The number of rotatable bonds is 3. The number of carbonyl (C=O) groups is 1. The number of aromatic nitrogens is 2. The molecule has 166 valence electrons. The Labute approximate surface area is 188 Å². The number of nitrogens with zero attached hydrogens (tertiary/aromatic N) is 4. The van der Waals surface area contributed by atoms with Crippen molar-refractivity contribution in [2.75, 3.05) is 24.5 Å². The number of benzene rings is 2. The highest BCUT2D eigenvalue weighted by molar-refractivity contribution is 6.34. The van der Waals surface area contributed by atoms with Crippen molar-refractivity contribution in [3.63, 3.8) is 0 Å². The molecule has 0 saturated carbocycles. The predicted molar refractivity (Wildman–Crippen MR) is 120 cm³/mol. The quantitative estimate of drug-likeness (QED) is 0.583. The molecule has 3 aromatic rings. The zero-order valence-electron chi connectivity index (χ0n) is 17.6. The van der Waals surface area contributed by atoms with Crippen molar-refractivity contribution in [2.45, 2.75) is 19.4 Å². The molecule has 1 amide bonds. The number of fused-ring (bicyclic) bond motifs is 1. The number of phenols is 1. The van der Waals surface area contributed by atoms with Gasteiger partial charge in [-0.05, 0) is 38.1 Å². The Morgan fingerprint density at radius 2 is 2.00 bits per heavy atom. The van der Waals surface area contributed by atoms with E-state index in [1.165, 1.54) is 30.6 Å². The molecule has 32 heavy (non-hydrogen) atoms. The van der Waals surface area contributed by atoms with Crippen LogP contribution in [0.1, 0.15) is 13.8 Å². The van der Waals surface area contributed by atoms with E-state index in [-0.39, 0.29) is 27.6 Å². The molecule has 0 unspecified atom stereocenters. The fourth-order valence-electron chi connectivity index (χ4n) is 4.19. The minimum Gasteiger partial charge on any atom is -0.507 e. The first kappa shape index (κ1) is 22.0. The maximum Gasteiger partial charge on any atom is 0.246 e. The zero-order chi connectivity index (χ0) is 23.2. The van der Waals surface area contributed by atoms with Crippen LogP contribution in [0, 0.1) is 11.6 Å². The first-order chi connectivity index (χ1) is 15.2. The van der Waals surface area contributed by atoms with Crippen molar-refractivity contribution in [1.82, 2.24) is 14.9 Å². The molecule has 2 aromatic carbocycles. The number of halogens is 3. The molecule has 0 radical (unpaired) electrons. The molecule has 2 heterocycles. The molecule has 0 aliphatic carbocycles. The van der Waals surface area contributed by atoms with Crippen LogP contribution in [0.15, 0.2) is 43.2 Å². The van der Waals surface area contributed by atoms with Crippen LogP contribution in [0.25, 0.3) is 22.0 Å². The lowest BCUT2D eigenvalue weighted by atomic mass is 9.97.